The van der Waals surface area contributed by atoms with E-state index >= 15 is 0 Å². The lowest BCUT2D eigenvalue weighted by Gasteiger charge is -2.03. The number of carbonyl (C=O) groups is 1. The van der Waals surface area contributed by atoms with E-state index in [-0.39, 0.29) is 5.82 Å². The van der Waals surface area contributed by atoms with E-state index in [1.807, 2.05) is 0 Å². The third kappa shape index (κ3) is 2.75. The van der Waals surface area contributed by atoms with Gasteiger partial charge in [0.05, 0.1) is 0 Å². The van der Waals surface area contributed by atoms with E-state index in [0.717, 1.165) is 0 Å². The number of pyridine rings is 1. The Bertz CT molecular complexity index is 622. The van der Waals surface area contributed by atoms with E-state index in [1.54, 1.807) is 0 Å². The Kier molecular flexibility index (Phi) is 3.31. The molecule has 5 nitrogen and oxygen atoms in total. The van der Waals surface area contributed by atoms with Gasteiger partial charge in [-0.3, -0.25) is 0 Å². The molecule has 0 saturated heterocycles. The van der Waals surface area contributed by atoms with Crippen LogP contribution in [0.2, 0.25) is 0 Å². The highest BCUT2D eigenvalue weighted by molar-refractivity contribution is 9.10. The third-order valence-electron chi connectivity index (χ3n) is 2.15. The second-order valence-electron chi connectivity index (χ2n) is 3.46. The molecule has 0 aliphatic carbocycles. The fraction of sp³-hybridized carbons (Fsp3) is 0.100. The summed E-state index contributed by atoms with van der Waals surface area (Å²) in [6.07, 6.45) is -3.39. The van der Waals surface area contributed by atoms with Crippen LogP contribution in [-0.2, 0) is 6.18 Å². The zero-order valence-corrected chi connectivity index (χ0v) is 10.6. The molecule has 0 bridgehead atoms. The van der Waals surface area contributed by atoms with Crippen LogP contribution in [0.1, 0.15) is 16.2 Å². The minimum absolute atomic E-state index is 0.0175. The molecule has 0 aliphatic heterocycles. The van der Waals surface area contributed by atoms with Gasteiger partial charge in [-0.05, 0) is 28.1 Å². The van der Waals surface area contributed by atoms with Crippen LogP contribution >= 0.6 is 15.9 Å². The average molecular weight is 336 g/mol. The van der Waals surface area contributed by atoms with E-state index in [1.165, 1.54) is 18.3 Å². The van der Waals surface area contributed by atoms with Gasteiger partial charge in [-0.2, -0.15) is 18.3 Å². The molecule has 2 heterocycles. The molecule has 2 aromatic rings. The lowest BCUT2D eigenvalue weighted by atomic mass is 10.3. The second kappa shape index (κ2) is 4.65. The van der Waals surface area contributed by atoms with Gasteiger partial charge in [0.2, 0.25) is 0 Å². The third-order valence-corrected chi connectivity index (χ3v) is 2.62. The Balaban J connectivity index is 2.58. The summed E-state index contributed by atoms with van der Waals surface area (Å²) in [5.41, 5.74) is -1.89. The molecule has 0 atom stereocenters. The Morgan fingerprint density at radius 2 is 2.05 bits per heavy atom. The van der Waals surface area contributed by atoms with Gasteiger partial charge in [0, 0.05) is 16.7 Å². The topological polar surface area (TPSA) is 68.0 Å². The molecule has 0 fully saturated rings. The molecule has 0 aromatic carbocycles. The molecule has 2 rings (SSSR count). The number of nitrogens with zero attached hydrogens (tertiary/aromatic N) is 3. The minimum Gasteiger partial charge on any atom is -0.477 e. The second-order valence-corrected chi connectivity index (χ2v) is 4.38. The highest BCUT2D eigenvalue weighted by atomic mass is 79.9. The van der Waals surface area contributed by atoms with Gasteiger partial charge < -0.3 is 5.11 Å². The highest BCUT2D eigenvalue weighted by Crippen LogP contribution is 2.29. The Labute approximate surface area is 112 Å². The molecule has 0 saturated carbocycles. The van der Waals surface area contributed by atoms with Gasteiger partial charge >= 0.3 is 12.1 Å². The van der Waals surface area contributed by atoms with E-state index in [0.29, 0.717) is 15.2 Å². The SMILES string of the molecule is O=C(O)c1cc(C(F)(F)F)nn1-c1ccc(Br)cn1. The van der Waals surface area contributed by atoms with Gasteiger partial charge in [0.1, 0.15) is 0 Å². The largest absolute Gasteiger partial charge is 0.477 e. The fourth-order valence-corrected chi connectivity index (χ4v) is 1.57. The molecule has 0 amide bonds. The van der Waals surface area contributed by atoms with Crippen molar-refractivity contribution in [3.8, 4) is 5.82 Å². The molecule has 0 spiro atoms. The standard InChI is InChI=1S/C10H5BrF3N3O2/c11-5-1-2-8(15-4-5)17-6(9(18)19)3-7(16-17)10(12,13)14/h1-4H,(H,18,19). The van der Waals surface area contributed by atoms with Gasteiger partial charge in [-0.15, -0.1) is 0 Å². The number of aromatic nitrogens is 3. The Morgan fingerprint density at radius 1 is 1.37 bits per heavy atom. The predicted molar refractivity (Wildman–Crippen MR) is 61.0 cm³/mol. The number of alkyl halides is 3. The number of halogens is 4. The molecule has 0 aliphatic rings. The lowest BCUT2D eigenvalue weighted by molar-refractivity contribution is -0.141. The summed E-state index contributed by atoms with van der Waals surface area (Å²) in [4.78, 5) is 14.7. The predicted octanol–water partition coefficient (Wildman–Crippen LogP) is 2.75. The number of aromatic carboxylic acids is 1. The smallest absolute Gasteiger partial charge is 0.435 e. The van der Waals surface area contributed by atoms with E-state index in [2.05, 4.69) is 26.0 Å². The van der Waals surface area contributed by atoms with E-state index in [4.69, 9.17) is 5.11 Å². The van der Waals surface area contributed by atoms with Gasteiger partial charge in [-0.25, -0.2) is 14.5 Å². The summed E-state index contributed by atoms with van der Waals surface area (Å²) in [6.45, 7) is 0. The van der Waals surface area contributed by atoms with E-state index < -0.39 is 23.5 Å². The number of carboxylic acid groups (broad SMARTS) is 1. The average Bonchev–Trinajstić information content (AvgIpc) is 2.74. The first-order valence-corrected chi connectivity index (χ1v) is 5.61. The Hall–Kier alpha value is -1.90. The molecule has 1 N–H and O–H groups in total. The summed E-state index contributed by atoms with van der Waals surface area (Å²) in [6, 6.07) is 3.33. The molecular formula is C10H5BrF3N3O2. The summed E-state index contributed by atoms with van der Waals surface area (Å²) in [5, 5.41) is 12.1. The zero-order valence-electron chi connectivity index (χ0n) is 9.02. The lowest BCUT2D eigenvalue weighted by Crippen LogP contribution is -2.10. The van der Waals surface area contributed by atoms with Crippen LogP contribution in [0, 0.1) is 0 Å². The maximum Gasteiger partial charge on any atom is 0.435 e. The van der Waals surface area contributed by atoms with Crippen LogP contribution in [0.5, 0.6) is 0 Å². The summed E-state index contributed by atoms with van der Waals surface area (Å²) >= 11 is 3.11. The van der Waals surface area contributed by atoms with Crippen molar-refractivity contribution in [3.63, 3.8) is 0 Å². The van der Waals surface area contributed by atoms with Gasteiger partial charge in [0.25, 0.3) is 0 Å². The molecule has 0 radical (unpaired) electrons. The molecule has 2 aromatic heterocycles. The maximum absolute atomic E-state index is 12.5. The summed E-state index contributed by atoms with van der Waals surface area (Å²) in [5.74, 6) is -1.54. The highest BCUT2D eigenvalue weighted by Gasteiger charge is 2.36. The Morgan fingerprint density at radius 3 is 2.53 bits per heavy atom. The van der Waals surface area contributed by atoms with Crippen molar-refractivity contribution < 1.29 is 23.1 Å². The first-order chi connectivity index (χ1) is 8.79. The van der Waals surface area contributed by atoms with Gasteiger partial charge in [0.15, 0.2) is 17.2 Å². The molecule has 0 unspecified atom stereocenters. The number of hydrogen-bond donors (Lipinski definition) is 1. The van der Waals surface area contributed by atoms with Crippen molar-refractivity contribution in [2.45, 2.75) is 6.18 Å². The summed E-state index contributed by atoms with van der Waals surface area (Å²) < 4.78 is 38.8. The zero-order chi connectivity index (χ0) is 14.2. The van der Waals surface area contributed by atoms with Crippen molar-refractivity contribution in [2.75, 3.05) is 0 Å². The molecule has 100 valence electrons. The van der Waals surface area contributed by atoms with Crippen LogP contribution < -0.4 is 0 Å². The number of hydrogen-bond acceptors (Lipinski definition) is 3. The van der Waals surface area contributed by atoms with Crippen LogP contribution in [0.3, 0.4) is 0 Å². The summed E-state index contributed by atoms with van der Waals surface area (Å²) in [7, 11) is 0. The maximum atomic E-state index is 12.5. The van der Waals surface area contributed by atoms with Crippen LogP contribution in [0.25, 0.3) is 5.82 Å². The van der Waals surface area contributed by atoms with E-state index in [9.17, 15) is 18.0 Å². The first-order valence-electron chi connectivity index (χ1n) is 4.81. The van der Waals surface area contributed by atoms with Crippen molar-refractivity contribution in [2.24, 2.45) is 0 Å². The monoisotopic (exact) mass is 335 g/mol. The molecule has 19 heavy (non-hydrogen) atoms. The molecule has 9 heteroatoms. The van der Waals surface area contributed by atoms with Crippen molar-refractivity contribution in [1.82, 2.24) is 14.8 Å². The number of rotatable bonds is 2. The fourth-order valence-electron chi connectivity index (χ4n) is 1.34. The van der Waals surface area contributed by atoms with Crippen LogP contribution in [0.4, 0.5) is 13.2 Å². The van der Waals surface area contributed by atoms with Gasteiger partial charge in [-0.1, -0.05) is 0 Å². The van der Waals surface area contributed by atoms with Crippen molar-refractivity contribution >= 4 is 21.9 Å². The minimum atomic E-state index is -4.72. The van der Waals surface area contributed by atoms with Crippen LogP contribution in [0.15, 0.2) is 28.9 Å². The normalized spacial score (nSPS) is 11.6. The van der Waals surface area contributed by atoms with Crippen molar-refractivity contribution in [1.29, 1.82) is 0 Å². The first kappa shape index (κ1) is 13.5. The van der Waals surface area contributed by atoms with Crippen LogP contribution in [-0.4, -0.2) is 25.8 Å². The molecular weight excluding hydrogens is 331 g/mol. The van der Waals surface area contributed by atoms with Crippen molar-refractivity contribution in [3.05, 3.63) is 40.3 Å². The number of carboxylic acids is 1. The quantitative estimate of drug-likeness (QED) is 0.916.